The number of rotatable bonds is 3. The number of hydrogen-bond donors (Lipinski definition) is 1. The van der Waals surface area contributed by atoms with Crippen LogP contribution < -0.4 is 5.73 Å². The van der Waals surface area contributed by atoms with Crippen LogP contribution in [-0.2, 0) is 0 Å². The summed E-state index contributed by atoms with van der Waals surface area (Å²) in [6, 6.07) is 9.96. The van der Waals surface area contributed by atoms with Gasteiger partial charge in [-0.15, -0.1) is 21.5 Å². The van der Waals surface area contributed by atoms with Crippen molar-refractivity contribution in [2.24, 2.45) is 5.73 Å². The van der Waals surface area contributed by atoms with Crippen molar-refractivity contribution in [3.05, 3.63) is 46.5 Å². The summed E-state index contributed by atoms with van der Waals surface area (Å²) in [5.41, 5.74) is 7.70. The molecule has 6 heteroatoms. The second-order valence-corrected chi connectivity index (χ2v) is 5.49. The number of thiazole rings is 1. The Kier molecular flexibility index (Phi) is 3.33. The predicted molar refractivity (Wildman–Crippen MR) is 79.8 cm³/mol. The molecule has 1 aromatic carbocycles. The Bertz CT molecular complexity index is 714. The third-order valence-corrected chi connectivity index (χ3v) is 4.03. The first-order valence-electron chi connectivity index (χ1n) is 6.35. The number of nitrogens with two attached hydrogens (primary N) is 1. The summed E-state index contributed by atoms with van der Waals surface area (Å²) >= 11 is 1.55. The van der Waals surface area contributed by atoms with Crippen molar-refractivity contribution in [1.82, 2.24) is 19.7 Å². The van der Waals surface area contributed by atoms with Gasteiger partial charge in [-0.2, -0.15) is 0 Å². The van der Waals surface area contributed by atoms with Crippen LogP contribution in [0.2, 0.25) is 0 Å². The third kappa shape index (κ3) is 2.23. The van der Waals surface area contributed by atoms with Gasteiger partial charge in [0.2, 0.25) is 0 Å². The maximum Gasteiger partial charge on any atom is 0.188 e. The fraction of sp³-hybridized carbons (Fsp3) is 0.214. The van der Waals surface area contributed by atoms with E-state index >= 15 is 0 Å². The van der Waals surface area contributed by atoms with E-state index < -0.39 is 0 Å². The lowest BCUT2D eigenvalue weighted by molar-refractivity contribution is 0.806. The van der Waals surface area contributed by atoms with E-state index in [2.05, 4.69) is 15.2 Å². The minimum atomic E-state index is -0.0667. The van der Waals surface area contributed by atoms with Crippen LogP contribution in [0, 0.1) is 6.92 Å². The number of aromatic nitrogens is 4. The molecule has 0 radical (unpaired) electrons. The molecule has 2 aromatic heterocycles. The van der Waals surface area contributed by atoms with E-state index in [4.69, 9.17) is 5.73 Å². The van der Waals surface area contributed by atoms with Gasteiger partial charge in [-0.25, -0.2) is 4.98 Å². The van der Waals surface area contributed by atoms with E-state index in [0.29, 0.717) is 0 Å². The molecule has 0 saturated carbocycles. The van der Waals surface area contributed by atoms with Crippen molar-refractivity contribution in [3.8, 4) is 17.2 Å². The molecule has 1 atom stereocenters. The summed E-state index contributed by atoms with van der Waals surface area (Å²) in [7, 11) is 0. The number of nitrogens with zero attached hydrogens (tertiary/aromatic N) is 4. The summed E-state index contributed by atoms with van der Waals surface area (Å²) < 4.78 is 2.00. The zero-order valence-corrected chi connectivity index (χ0v) is 12.1. The summed E-state index contributed by atoms with van der Waals surface area (Å²) in [5, 5.41) is 11.3. The molecule has 1 unspecified atom stereocenters. The van der Waals surface area contributed by atoms with Gasteiger partial charge in [0.25, 0.3) is 0 Å². The van der Waals surface area contributed by atoms with Crippen LogP contribution >= 0.6 is 11.3 Å². The van der Waals surface area contributed by atoms with Crippen molar-refractivity contribution >= 4 is 11.3 Å². The molecule has 0 spiro atoms. The molecule has 0 aliphatic rings. The Morgan fingerprint density at radius 3 is 2.60 bits per heavy atom. The summed E-state index contributed by atoms with van der Waals surface area (Å²) in [4.78, 5) is 4.55. The molecule has 3 aromatic rings. The van der Waals surface area contributed by atoms with Crippen LogP contribution in [0.3, 0.4) is 0 Å². The van der Waals surface area contributed by atoms with Gasteiger partial charge in [0, 0.05) is 11.1 Å². The molecule has 20 heavy (non-hydrogen) atoms. The Labute approximate surface area is 121 Å². The van der Waals surface area contributed by atoms with Gasteiger partial charge >= 0.3 is 0 Å². The van der Waals surface area contributed by atoms with Crippen molar-refractivity contribution in [3.63, 3.8) is 0 Å². The lowest BCUT2D eigenvalue weighted by Gasteiger charge is -2.06. The Balaban J connectivity index is 2.11. The van der Waals surface area contributed by atoms with Gasteiger partial charge in [0.15, 0.2) is 5.82 Å². The molecule has 0 aliphatic carbocycles. The molecule has 2 heterocycles. The van der Waals surface area contributed by atoms with Gasteiger partial charge in [-0.1, -0.05) is 18.2 Å². The monoisotopic (exact) mass is 285 g/mol. The van der Waals surface area contributed by atoms with E-state index in [-0.39, 0.29) is 6.04 Å². The Hall–Kier alpha value is -2.05. The number of hydrogen-bond acceptors (Lipinski definition) is 5. The molecule has 0 saturated heterocycles. The Morgan fingerprint density at radius 2 is 1.95 bits per heavy atom. The molecule has 0 amide bonds. The predicted octanol–water partition coefficient (Wildman–Crippen LogP) is 2.72. The Morgan fingerprint density at radius 1 is 1.20 bits per heavy atom. The van der Waals surface area contributed by atoms with Crippen LogP contribution in [0.15, 0.2) is 35.7 Å². The average Bonchev–Trinajstić information content (AvgIpc) is 3.06. The first kappa shape index (κ1) is 13.0. The van der Waals surface area contributed by atoms with E-state index in [9.17, 15) is 0 Å². The molecular formula is C14H15N5S. The summed E-state index contributed by atoms with van der Waals surface area (Å²) in [5.74, 6) is 1.58. The van der Waals surface area contributed by atoms with Crippen LogP contribution in [0.25, 0.3) is 17.2 Å². The van der Waals surface area contributed by atoms with Gasteiger partial charge in [0.1, 0.15) is 16.5 Å². The largest absolute Gasteiger partial charge is 0.322 e. The highest BCUT2D eigenvalue weighted by atomic mass is 32.1. The topological polar surface area (TPSA) is 69.6 Å². The van der Waals surface area contributed by atoms with E-state index in [1.807, 2.05) is 54.1 Å². The SMILES string of the molecule is Cc1nnc(-c2csc(C(C)N)n2)n1-c1ccccc1. The van der Waals surface area contributed by atoms with Crippen molar-refractivity contribution < 1.29 is 0 Å². The van der Waals surface area contributed by atoms with Gasteiger partial charge < -0.3 is 5.73 Å². The van der Waals surface area contributed by atoms with E-state index in [1.54, 1.807) is 11.3 Å². The van der Waals surface area contributed by atoms with Crippen LogP contribution in [0.4, 0.5) is 0 Å². The molecule has 102 valence electrons. The van der Waals surface area contributed by atoms with E-state index in [0.717, 1.165) is 28.0 Å². The summed E-state index contributed by atoms with van der Waals surface area (Å²) in [6.45, 7) is 3.86. The average molecular weight is 285 g/mol. The van der Waals surface area contributed by atoms with Gasteiger partial charge in [-0.3, -0.25) is 4.57 Å². The second kappa shape index (κ2) is 5.15. The third-order valence-electron chi connectivity index (χ3n) is 2.98. The molecule has 2 N–H and O–H groups in total. The standard InChI is InChI=1S/C14H15N5S/c1-9(15)14-16-12(8-20-14)13-18-17-10(2)19(13)11-6-4-3-5-7-11/h3-9H,15H2,1-2H3. The number of para-hydroxylation sites is 1. The molecular weight excluding hydrogens is 270 g/mol. The van der Waals surface area contributed by atoms with E-state index in [1.165, 1.54) is 0 Å². The van der Waals surface area contributed by atoms with Crippen LogP contribution in [-0.4, -0.2) is 19.7 Å². The normalized spacial score (nSPS) is 12.6. The zero-order chi connectivity index (χ0) is 14.1. The number of benzene rings is 1. The number of aryl methyl sites for hydroxylation is 1. The lowest BCUT2D eigenvalue weighted by Crippen LogP contribution is -2.04. The molecule has 0 bridgehead atoms. The first-order chi connectivity index (χ1) is 9.66. The first-order valence-corrected chi connectivity index (χ1v) is 7.23. The molecule has 3 rings (SSSR count). The maximum absolute atomic E-state index is 5.86. The highest BCUT2D eigenvalue weighted by molar-refractivity contribution is 7.10. The van der Waals surface area contributed by atoms with Gasteiger partial charge in [-0.05, 0) is 26.0 Å². The van der Waals surface area contributed by atoms with Crippen LogP contribution in [0.1, 0.15) is 23.8 Å². The fourth-order valence-electron chi connectivity index (χ4n) is 2.01. The fourth-order valence-corrected chi connectivity index (χ4v) is 2.77. The highest BCUT2D eigenvalue weighted by Gasteiger charge is 2.16. The minimum absolute atomic E-state index is 0.0667. The highest BCUT2D eigenvalue weighted by Crippen LogP contribution is 2.26. The second-order valence-electron chi connectivity index (χ2n) is 4.60. The zero-order valence-electron chi connectivity index (χ0n) is 11.3. The van der Waals surface area contributed by atoms with Crippen LogP contribution in [0.5, 0.6) is 0 Å². The van der Waals surface area contributed by atoms with Gasteiger partial charge in [0.05, 0.1) is 6.04 Å². The van der Waals surface area contributed by atoms with Crippen molar-refractivity contribution in [2.75, 3.05) is 0 Å². The minimum Gasteiger partial charge on any atom is -0.322 e. The smallest absolute Gasteiger partial charge is 0.188 e. The molecule has 0 fully saturated rings. The van der Waals surface area contributed by atoms with Crippen molar-refractivity contribution in [1.29, 1.82) is 0 Å². The summed E-state index contributed by atoms with van der Waals surface area (Å²) in [6.07, 6.45) is 0. The maximum atomic E-state index is 5.86. The molecule has 5 nitrogen and oxygen atoms in total. The quantitative estimate of drug-likeness (QED) is 0.803. The lowest BCUT2D eigenvalue weighted by atomic mass is 10.3. The van der Waals surface area contributed by atoms with Crippen molar-refractivity contribution in [2.45, 2.75) is 19.9 Å². The molecule has 0 aliphatic heterocycles.